The van der Waals surface area contributed by atoms with Gasteiger partial charge in [0.25, 0.3) is 0 Å². The van der Waals surface area contributed by atoms with Crippen molar-refractivity contribution in [1.82, 2.24) is 25.1 Å². The first-order valence-electron chi connectivity index (χ1n) is 13.8. The molecule has 12 heteroatoms. The second-order valence-electron chi connectivity index (χ2n) is 10.3. The molecule has 1 aliphatic heterocycles. The number of carbonyl (C=O) groups excluding carboxylic acids is 1. The molecule has 3 N–H and O–H groups in total. The van der Waals surface area contributed by atoms with Gasteiger partial charge in [-0.2, -0.15) is 0 Å². The van der Waals surface area contributed by atoms with E-state index in [1.54, 1.807) is 13.2 Å². The quantitative estimate of drug-likeness (QED) is 0.235. The zero-order valence-corrected chi connectivity index (χ0v) is 24.3. The summed E-state index contributed by atoms with van der Waals surface area (Å²) in [7, 11) is 0.0298. The number of carbonyl (C=O) groups is 1. The Bertz CT molecular complexity index is 1860. The summed E-state index contributed by atoms with van der Waals surface area (Å²) in [5.41, 5.74) is 5.28. The number of rotatable bonds is 8. The fraction of sp³-hybridized carbons (Fsp3) is 0.194. The minimum atomic E-state index is -1.59. The first-order chi connectivity index (χ1) is 20.8. The van der Waals surface area contributed by atoms with Gasteiger partial charge in [-0.25, -0.2) is 0 Å². The molecule has 0 radical (unpaired) electrons. The normalized spacial score (nSPS) is 14.0. The van der Waals surface area contributed by atoms with Gasteiger partial charge >= 0.3 is 7.12 Å². The minimum Gasteiger partial charge on any atom is -0.497 e. The van der Waals surface area contributed by atoms with Crippen LogP contribution in [0.15, 0.2) is 77.9 Å². The van der Waals surface area contributed by atoms with E-state index < -0.39 is 13.2 Å². The molecule has 3 aromatic carbocycles. The zero-order valence-electron chi connectivity index (χ0n) is 23.5. The molecule has 216 valence electrons. The Hall–Kier alpha value is -4.58. The van der Waals surface area contributed by atoms with Gasteiger partial charge in [0, 0.05) is 39.7 Å². The topological polar surface area (TPSA) is 135 Å². The average Bonchev–Trinajstić information content (AvgIpc) is 3.33. The molecular formula is C31H28BClN6O4. The molecule has 10 nitrogen and oxygen atoms in total. The Labute approximate surface area is 253 Å². The summed E-state index contributed by atoms with van der Waals surface area (Å²) in [6.07, 6.45) is 2.09. The number of fused-ring (bicyclic) bond motifs is 4. The van der Waals surface area contributed by atoms with Gasteiger partial charge in [-0.3, -0.25) is 19.3 Å². The van der Waals surface area contributed by atoms with Crippen LogP contribution in [0, 0.1) is 6.92 Å². The Kier molecular flexibility index (Phi) is 7.94. The van der Waals surface area contributed by atoms with E-state index in [4.69, 9.17) is 21.3 Å². The molecule has 0 saturated carbocycles. The molecule has 1 amide bonds. The molecule has 0 bridgehead atoms. The Morgan fingerprint density at radius 2 is 1.88 bits per heavy atom. The third-order valence-corrected chi connectivity index (χ3v) is 7.68. The highest BCUT2D eigenvalue weighted by Gasteiger charge is 2.30. The number of hydrogen-bond donors (Lipinski definition) is 3. The van der Waals surface area contributed by atoms with Crippen LogP contribution in [0.2, 0.25) is 5.02 Å². The fourth-order valence-corrected chi connectivity index (χ4v) is 5.39. The number of aliphatic imine (C=N–C) groups is 1. The van der Waals surface area contributed by atoms with Gasteiger partial charge < -0.3 is 20.1 Å². The lowest BCUT2D eigenvalue weighted by Crippen LogP contribution is -2.30. The molecule has 0 fully saturated rings. The summed E-state index contributed by atoms with van der Waals surface area (Å²) in [5.74, 6) is 1.76. The third-order valence-electron chi connectivity index (χ3n) is 7.43. The van der Waals surface area contributed by atoms with Crippen molar-refractivity contribution in [1.29, 1.82) is 0 Å². The number of pyridine rings is 1. The van der Waals surface area contributed by atoms with Crippen LogP contribution in [0.25, 0.3) is 16.6 Å². The summed E-state index contributed by atoms with van der Waals surface area (Å²) in [6.45, 7) is 2.28. The molecule has 1 atom stereocenters. The molecule has 6 rings (SSSR count). The van der Waals surface area contributed by atoms with Gasteiger partial charge in [-0.1, -0.05) is 35.9 Å². The van der Waals surface area contributed by atoms with E-state index in [1.807, 2.05) is 72.2 Å². The zero-order chi connectivity index (χ0) is 30.1. The molecule has 5 aromatic rings. The van der Waals surface area contributed by atoms with Crippen LogP contribution in [-0.4, -0.2) is 62.2 Å². The number of ether oxygens (including phenoxy) is 1. The van der Waals surface area contributed by atoms with Gasteiger partial charge in [0.15, 0.2) is 5.82 Å². The van der Waals surface area contributed by atoms with Crippen LogP contribution in [0.5, 0.6) is 5.75 Å². The van der Waals surface area contributed by atoms with Crippen molar-refractivity contribution in [2.45, 2.75) is 25.8 Å². The number of amides is 1. The van der Waals surface area contributed by atoms with Crippen LogP contribution >= 0.6 is 11.6 Å². The Balaban J connectivity index is 1.26. The lowest BCUT2D eigenvalue weighted by Gasteiger charge is -2.14. The van der Waals surface area contributed by atoms with E-state index in [9.17, 15) is 14.8 Å². The van der Waals surface area contributed by atoms with E-state index in [1.165, 1.54) is 6.20 Å². The average molecular weight is 595 g/mol. The van der Waals surface area contributed by atoms with Crippen LogP contribution in [-0.2, 0) is 11.2 Å². The van der Waals surface area contributed by atoms with Crippen molar-refractivity contribution >= 4 is 46.7 Å². The molecule has 0 saturated heterocycles. The molecule has 0 aliphatic carbocycles. The molecule has 1 aliphatic rings. The first kappa shape index (κ1) is 28.5. The van der Waals surface area contributed by atoms with E-state index in [2.05, 4.69) is 20.5 Å². The van der Waals surface area contributed by atoms with Crippen molar-refractivity contribution in [3.63, 3.8) is 0 Å². The van der Waals surface area contributed by atoms with E-state index in [0.29, 0.717) is 46.6 Å². The number of hydrogen-bond acceptors (Lipinski definition) is 8. The summed E-state index contributed by atoms with van der Waals surface area (Å²) in [6, 6.07) is 20.1. The van der Waals surface area contributed by atoms with Crippen molar-refractivity contribution < 1.29 is 19.6 Å². The highest BCUT2D eigenvalue weighted by molar-refractivity contribution is 6.58. The lowest BCUT2D eigenvalue weighted by atomic mass is 9.81. The summed E-state index contributed by atoms with van der Waals surface area (Å²) >= 11 is 6.19. The van der Waals surface area contributed by atoms with Crippen molar-refractivity contribution in [2.75, 3.05) is 13.7 Å². The highest BCUT2D eigenvalue weighted by atomic mass is 35.5. The third kappa shape index (κ3) is 5.87. The van der Waals surface area contributed by atoms with Gasteiger partial charge in [-0.15, -0.1) is 10.2 Å². The molecule has 2 aromatic heterocycles. The highest BCUT2D eigenvalue weighted by Crippen LogP contribution is 2.34. The van der Waals surface area contributed by atoms with Crippen molar-refractivity contribution in [2.24, 2.45) is 4.99 Å². The molecule has 43 heavy (non-hydrogen) atoms. The maximum atomic E-state index is 13.3. The van der Waals surface area contributed by atoms with Gasteiger partial charge in [0.2, 0.25) is 5.91 Å². The predicted octanol–water partition coefficient (Wildman–Crippen LogP) is 3.11. The summed E-state index contributed by atoms with van der Waals surface area (Å²) in [4.78, 5) is 22.7. The smallest absolute Gasteiger partial charge is 0.490 e. The summed E-state index contributed by atoms with van der Waals surface area (Å²) < 4.78 is 7.47. The van der Waals surface area contributed by atoms with Gasteiger partial charge in [-0.05, 0) is 61.4 Å². The first-order valence-corrected chi connectivity index (χ1v) is 14.1. The minimum absolute atomic E-state index is 0.0692. The second-order valence-corrected chi connectivity index (χ2v) is 10.7. The van der Waals surface area contributed by atoms with E-state index >= 15 is 0 Å². The van der Waals surface area contributed by atoms with Crippen molar-refractivity contribution in [3.05, 3.63) is 106 Å². The van der Waals surface area contributed by atoms with E-state index in [-0.39, 0.29) is 12.3 Å². The summed E-state index contributed by atoms with van der Waals surface area (Å²) in [5, 5.41) is 32.1. The van der Waals surface area contributed by atoms with Crippen LogP contribution in [0.1, 0.15) is 40.8 Å². The molecule has 0 unspecified atom stereocenters. The number of halogens is 1. The number of aryl methyl sites for hydroxylation is 1. The maximum absolute atomic E-state index is 13.3. The molecule has 0 spiro atoms. The van der Waals surface area contributed by atoms with Crippen LogP contribution in [0.4, 0.5) is 0 Å². The standard InChI is InChI=1S/C31H28BClN6O4/c1-18-37-38-31-27(16-29(40)34-12-11-19-3-9-26-21(13-19)14-22(17-35-26)32(41)42)36-30(20-4-6-23(33)7-5-20)25-15-24(43-2)8-10-28(25)39(18)31/h3-10,13-15,17,27,41-42H,11-12,16H2,1-2H3,(H,34,40)/t27-/m0/s1. The van der Waals surface area contributed by atoms with Crippen LogP contribution in [0.3, 0.4) is 0 Å². The number of nitrogens with zero attached hydrogens (tertiary/aromatic N) is 5. The maximum Gasteiger partial charge on any atom is 0.490 e. The van der Waals surface area contributed by atoms with Crippen LogP contribution < -0.4 is 15.5 Å². The number of methoxy groups -OCH3 is 1. The number of nitrogens with one attached hydrogen (secondary N) is 1. The Morgan fingerprint density at radius 3 is 2.65 bits per heavy atom. The monoisotopic (exact) mass is 594 g/mol. The predicted molar refractivity (Wildman–Crippen MR) is 165 cm³/mol. The lowest BCUT2D eigenvalue weighted by molar-refractivity contribution is -0.121. The largest absolute Gasteiger partial charge is 0.497 e. The van der Waals surface area contributed by atoms with Gasteiger partial charge in [0.05, 0.1) is 30.4 Å². The molecular weight excluding hydrogens is 567 g/mol. The molecule has 3 heterocycles. The van der Waals surface area contributed by atoms with Gasteiger partial charge in [0.1, 0.15) is 17.6 Å². The second kappa shape index (κ2) is 12.0. The van der Waals surface area contributed by atoms with Crippen molar-refractivity contribution in [3.8, 4) is 11.4 Å². The van der Waals surface area contributed by atoms with E-state index in [0.717, 1.165) is 33.3 Å². The fourth-order valence-electron chi connectivity index (χ4n) is 5.27. The number of benzene rings is 3. The SMILES string of the molecule is COc1ccc2c(c1)C(c1ccc(Cl)cc1)=N[C@@H](CC(=O)NCCc1ccc3ncc(B(O)O)cc3c1)c1nnc(C)n1-2. The number of aromatic nitrogens is 4. The Morgan fingerprint density at radius 1 is 1.07 bits per heavy atom.